The molecular weight excluding hydrogens is 592 g/mol. The summed E-state index contributed by atoms with van der Waals surface area (Å²) < 4.78 is 5.39. The zero-order valence-electron chi connectivity index (χ0n) is 26.3. The molecule has 246 valence electrons. The average Bonchev–Trinajstić information content (AvgIpc) is 3.50. The first-order valence-corrected chi connectivity index (χ1v) is 17.5. The molecule has 1 aliphatic heterocycles. The van der Waals surface area contributed by atoms with Crippen molar-refractivity contribution >= 4 is 40.5 Å². The fourth-order valence-corrected chi connectivity index (χ4v) is 6.77. The first kappa shape index (κ1) is 34.8. The number of aromatic amines is 1. The number of H-pyrrole nitrogens is 1. The van der Waals surface area contributed by atoms with E-state index in [2.05, 4.69) is 36.7 Å². The number of hydrogen-bond acceptors (Lipinski definition) is 8. The van der Waals surface area contributed by atoms with Crippen LogP contribution in [0.1, 0.15) is 62.0 Å². The summed E-state index contributed by atoms with van der Waals surface area (Å²) in [6.07, 6.45) is 12.9. The number of fused-ring (bicyclic) bond motifs is 1. The van der Waals surface area contributed by atoms with Gasteiger partial charge in [-0.2, -0.15) is 11.8 Å². The number of aliphatic hydroxyl groups excluding tert-OH is 1. The van der Waals surface area contributed by atoms with E-state index >= 15 is 0 Å². The highest BCUT2D eigenvalue weighted by atomic mass is 32.2. The van der Waals surface area contributed by atoms with Gasteiger partial charge in [-0.05, 0) is 37.1 Å². The van der Waals surface area contributed by atoms with Gasteiger partial charge in [0.15, 0.2) is 5.82 Å². The minimum atomic E-state index is -0.986. The van der Waals surface area contributed by atoms with Crippen molar-refractivity contribution in [1.29, 1.82) is 0 Å². The molecule has 0 spiro atoms. The lowest BCUT2D eigenvalue weighted by molar-refractivity contribution is -0.126. The lowest BCUT2D eigenvalue weighted by Crippen LogP contribution is -2.54. The number of carbonyl (C=O) groups is 3. The molecule has 2 aromatic rings. The molecule has 0 bridgehead atoms. The number of amides is 3. The van der Waals surface area contributed by atoms with Crippen LogP contribution in [0.25, 0.3) is 11.0 Å². The monoisotopic (exact) mass is 640 g/mol. The summed E-state index contributed by atoms with van der Waals surface area (Å²) in [7, 11) is 0. The highest BCUT2D eigenvalue weighted by Crippen LogP contribution is 2.29. The van der Waals surface area contributed by atoms with Gasteiger partial charge in [-0.25, -0.2) is 4.98 Å². The smallest absolute Gasteiger partial charge is 0.287 e. The SMILES string of the molecule is C#CCC(C[C@@H](O)[C@H](CC1CCCCC1)NC(=O)[C@H](CSC)NC(=O)c1nc2ccccc2[nH]1)C(=O)NCCN1CCOCC1. The van der Waals surface area contributed by atoms with Gasteiger partial charge in [0.25, 0.3) is 5.91 Å². The van der Waals surface area contributed by atoms with Crippen LogP contribution < -0.4 is 16.0 Å². The van der Waals surface area contributed by atoms with E-state index in [0.717, 1.165) is 50.8 Å². The van der Waals surface area contributed by atoms with Gasteiger partial charge < -0.3 is 30.8 Å². The number of morpholine rings is 1. The highest BCUT2D eigenvalue weighted by molar-refractivity contribution is 7.98. The van der Waals surface area contributed by atoms with Crippen molar-refractivity contribution in [3.05, 3.63) is 30.1 Å². The maximum absolute atomic E-state index is 13.7. The Balaban J connectivity index is 1.40. The second-order valence-electron chi connectivity index (χ2n) is 12.1. The second kappa shape index (κ2) is 18.1. The Bertz CT molecular complexity index is 1250. The lowest BCUT2D eigenvalue weighted by Gasteiger charge is -2.32. The summed E-state index contributed by atoms with van der Waals surface area (Å²) >= 11 is 1.44. The maximum Gasteiger partial charge on any atom is 0.287 e. The van der Waals surface area contributed by atoms with Gasteiger partial charge in [0.05, 0.1) is 42.3 Å². The van der Waals surface area contributed by atoms with Crippen molar-refractivity contribution in [1.82, 2.24) is 30.8 Å². The molecule has 2 aliphatic rings. The molecule has 5 N–H and O–H groups in total. The van der Waals surface area contributed by atoms with Crippen LogP contribution in [0.3, 0.4) is 0 Å². The number of imidazole rings is 1. The van der Waals surface area contributed by atoms with Crippen molar-refractivity contribution in [2.45, 2.75) is 69.6 Å². The van der Waals surface area contributed by atoms with E-state index in [4.69, 9.17) is 11.2 Å². The molecule has 1 saturated heterocycles. The van der Waals surface area contributed by atoms with Crippen LogP contribution in [0, 0.1) is 24.2 Å². The Morgan fingerprint density at radius 1 is 1.16 bits per heavy atom. The second-order valence-corrected chi connectivity index (χ2v) is 13.0. The Hall–Kier alpha value is -3.11. The Morgan fingerprint density at radius 3 is 2.62 bits per heavy atom. The summed E-state index contributed by atoms with van der Waals surface area (Å²) in [5.41, 5.74) is 1.40. The predicted molar refractivity (Wildman–Crippen MR) is 177 cm³/mol. The maximum atomic E-state index is 13.7. The third-order valence-electron chi connectivity index (χ3n) is 8.76. The van der Waals surface area contributed by atoms with Crippen LogP contribution in [0.2, 0.25) is 0 Å². The lowest BCUT2D eigenvalue weighted by atomic mass is 9.82. The van der Waals surface area contributed by atoms with Gasteiger partial charge in [0.2, 0.25) is 11.8 Å². The minimum absolute atomic E-state index is 0.129. The van der Waals surface area contributed by atoms with E-state index in [0.29, 0.717) is 43.4 Å². The molecule has 1 aromatic carbocycles. The van der Waals surface area contributed by atoms with Gasteiger partial charge in [-0.15, -0.1) is 12.3 Å². The molecule has 2 fully saturated rings. The largest absolute Gasteiger partial charge is 0.391 e. The summed E-state index contributed by atoms with van der Waals surface area (Å²) in [5, 5.41) is 20.4. The molecule has 12 heteroatoms. The van der Waals surface area contributed by atoms with Gasteiger partial charge in [-0.3, -0.25) is 19.3 Å². The van der Waals surface area contributed by atoms with Gasteiger partial charge in [-0.1, -0.05) is 44.2 Å². The fraction of sp³-hybridized carbons (Fsp3) is 0.636. The van der Waals surface area contributed by atoms with Crippen LogP contribution in [-0.2, 0) is 14.3 Å². The molecule has 3 amide bonds. The van der Waals surface area contributed by atoms with Crippen molar-refractivity contribution in [3.63, 3.8) is 0 Å². The summed E-state index contributed by atoms with van der Waals surface area (Å²) in [5.74, 6) is 1.78. The van der Waals surface area contributed by atoms with E-state index in [-0.39, 0.29) is 30.5 Å². The number of ether oxygens (including phenoxy) is 1. The van der Waals surface area contributed by atoms with Gasteiger partial charge in [0.1, 0.15) is 6.04 Å². The summed E-state index contributed by atoms with van der Waals surface area (Å²) in [4.78, 5) is 49.5. The topological polar surface area (TPSA) is 149 Å². The van der Waals surface area contributed by atoms with Crippen molar-refractivity contribution < 1.29 is 24.2 Å². The third kappa shape index (κ3) is 10.7. The fourth-order valence-electron chi connectivity index (χ4n) is 6.20. The molecule has 1 aliphatic carbocycles. The molecule has 4 rings (SSSR count). The number of nitrogens with zero attached hydrogens (tertiary/aromatic N) is 2. The number of thioether (sulfide) groups is 1. The number of aliphatic hydroxyl groups is 1. The first-order chi connectivity index (χ1) is 21.9. The Kier molecular flexibility index (Phi) is 14.0. The van der Waals surface area contributed by atoms with Crippen LogP contribution in [0.15, 0.2) is 24.3 Å². The molecule has 1 aromatic heterocycles. The van der Waals surface area contributed by atoms with Crippen molar-refractivity contribution in [3.8, 4) is 12.3 Å². The quantitative estimate of drug-likeness (QED) is 0.176. The first-order valence-electron chi connectivity index (χ1n) is 16.1. The Labute approximate surface area is 270 Å². The number of nitrogens with one attached hydrogen (secondary N) is 4. The Morgan fingerprint density at radius 2 is 1.91 bits per heavy atom. The molecular formula is C33H48N6O5S. The summed E-state index contributed by atoms with van der Waals surface area (Å²) in [6.45, 7) is 4.25. The van der Waals surface area contributed by atoms with Crippen LogP contribution >= 0.6 is 11.8 Å². The zero-order valence-corrected chi connectivity index (χ0v) is 27.1. The number of para-hydroxylation sites is 2. The number of terminal acetylenes is 1. The molecule has 4 atom stereocenters. The minimum Gasteiger partial charge on any atom is -0.391 e. The predicted octanol–water partition coefficient (Wildman–Crippen LogP) is 2.32. The van der Waals surface area contributed by atoms with E-state index in [1.54, 1.807) is 0 Å². The zero-order chi connectivity index (χ0) is 32.0. The van der Waals surface area contributed by atoms with E-state index in [9.17, 15) is 19.5 Å². The third-order valence-corrected chi connectivity index (χ3v) is 9.42. The van der Waals surface area contributed by atoms with Gasteiger partial charge >= 0.3 is 0 Å². The number of carbonyl (C=O) groups excluding carboxylic acids is 3. The van der Waals surface area contributed by atoms with Crippen molar-refractivity contribution in [2.75, 3.05) is 51.4 Å². The molecule has 2 heterocycles. The van der Waals surface area contributed by atoms with Gasteiger partial charge in [0, 0.05) is 38.4 Å². The number of benzene rings is 1. The number of aromatic nitrogens is 2. The molecule has 1 saturated carbocycles. The number of rotatable bonds is 16. The standard InChI is InChI=1S/C33H48N6O5S/c1-3-9-24(31(41)34-14-15-39-16-18-44-19-17-39)21-29(40)27(20-23-10-5-4-6-11-23)37-32(42)28(22-45-2)38-33(43)30-35-25-12-7-8-13-26(25)36-30/h1,7-8,12-13,23-24,27-29,40H,4-6,9-11,14-22H2,2H3,(H,34,41)(H,35,36)(H,37,42)(H,38,43)/t24?,27-,28-,29+/m0/s1. The van der Waals surface area contributed by atoms with Crippen molar-refractivity contribution in [2.24, 2.45) is 11.8 Å². The van der Waals surface area contributed by atoms with Crippen LogP contribution in [-0.4, -0.2) is 107 Å². The van der Waals surface area contributed by atoms with Crippen LogP contribution in [0.4, 0.5) is 0 Å². The normalized spacial score (nSPS) is 18.8. The molecule has 0 radical (unpaired) electrons. The average molecular weight is 641 g/mol. The van der Waals surface area contributed by atoms with E-state index in [1.165, 1.54) is 18.2 Å². The summed E-state index contributed by atoms with van der Waals surface area (Å²) in [6, 6.07) is 5.91. The van der Waals surface area contributed by atoms with E-state index in [1.807, 2.05) is 30.5 Å². The highest BCUT2D eigenvalue weighted by Gasteiger charge is 2.32. The van der Waals surface area contributed by atoms with Crippen LogP contribution in [0.5, 0.6) is 0 Å². The molecule has 11 nitrogen and oxygen atoms in total. The number of hydrogen-bond donors (Lipinski definition) is 5. The molecule has 45 heavy (non-hydrogen) atoms. The molecule has 1 unspecified atom stereocenters. The van der Waals surface area contributed by atoms with E-state index < -0.39 is 30.0 Å².